The number of aliphatic hydroxyl groups is 1. The molecule has 0 fully saturated rings. The van der Waals surface area contributed by atoms with Crippen molar-refractivity contribution in [1.29, 1.82) is 0 Å². The molecule has 0 spiro atoms. The van der Waals surface area contributed by atoms with Crippen molar-refractivity contribution in [3.05, 3.63) is 58.1 Å². The van der Waals surface area contributed by atoms with Gasteiger partial charge in [0, 0.05) is 11.8 Å². The summed E-state index contributed by atoms with van der Waals surface area (Å²) in [7, 11) is 0. The molecule has 0 radical (unpaired) electrons. The first-order valence-corrected chi connectivity index (χ1v) is 7.87. The molecule has 0 aliphatic heterocycles. The normalized spacial score (nSPS) is 14.0. The van der Waals surface area contributed by atoms with Crippen LogP contribution in [0.15, 0.2) is 41.7 Å². The molecule has 5 heteroatoms. The van der Waals surface area contributed by atoms with E-state index in [1.54, 1.807) is 22.7 Å². The van der Waals surface area contributed by atoms with Crippen LogP contribution < -0.4 is 0 Å². The lowest BCUT2D eigenvalue weighted by Gasteiger charge is -2.16. The summed E-state index contributed by atoms with van der Waals surface area (Å²) in [6, 6.07) is 9.84. The summed E-state index contributed by atoms with van der Waals surface area (Å²) in [5, 5.41) is 12.4. The lowest BCUT2D eigenvalue weighted by molar-refractivity contribution is 0.282. The van der Waals surface area contributed by atoms with Gasteiger partial charge in [-0.05, 0) is 65.7 Å². The molecule has 1 N–H and O–H groups in total. The van der Waals surface area contributed by atoms with Crippen LogP contribution in [0.25, 0.3) is 16.9 Å². The molecule has 2 aromatic heterocycles. The van der Waals surface area contributed by atoms with Crippen LogP contribution in [0.1, 0.15) is 29.5 Å². The van der Waals surface area contributed by atoms with Crippen LogP contribution in [0, 0.1) is 4.91 Å². The van der Waals surface area contributed by atoms with Crippen molar-refractivity contribution in [2.75, 3.05) is 0 Å². The number of imidazole rings is 1. The fourth-order valence-corrected chi connectivity index (χ4v) is 3.33. The summed E-state index contributed by atoms with van der Waals surface area (Å²) in [4.78, 5) is 15.9. The summed E-state index contributed by atoms with van der Waals surface area (Å²) in [5.41, 5.74) is 5.65. The molecule has 1 aliphatic rings. The first kappa shape index (κ1) is 14.1. The highest BCUT2D eigenvalue weighted by Gasteiger charge is 2.17. The number of hydrogen-bond donors (Lipinski definition) is 1. The zero-order chi connectivity index (χ0) is 15.8. The second kappa shape index (κ2) is 5.59. The van der Waals surface area contributed by atoms with Crippen LogP contribution in [-0.2, 0) is 19.4 Å². The zero-order valence-corrected chi connectivity index (χ0v) is 12.7. The molecular weight excluding hydrogens is 290 g/mol. The Hall–Kier alpha value is -2.53. The number of aromatic nitrogens is 2. The fourth-order valence-electron chi connectivity index (χ4n) is 3.33. The Labute approximate surface area is 133 Å². The van der Waals surface area contributed by atoms with Crippen molar-refractivity contribution in [3.63, 3.8) is 0 Å². The summed E-state index contributed by atoms with van der Waals surface area (Å²) in [6.45, 7) is -0.0542. The first-order valence-electron chi connectivity index (χ1n) is 7.87. The molecule has 5 nitrogen and oxygen atoms in total. The molecule has 1 aromatic carbocycles. The molecule has 0 saturated heterocycles. The van der Waals surface area contributed by atoms with Gasteiger partial charge in [0.1, 0.15) is 11.3 Å². The molecule has 4 rings (SSSR count). The van der Waals surface area contributed by atoms with E-state index in [0.29, 0.717) is 17.2 Å². The van der Waals surface area contributed by atoms with Crippen LogP contribution >= 0.6 is 0 Å². The van der Waals surface area contributed by atoms with Gasteiger partial charge in [-0.3, -0.25) is 4.40 Å². The maximum atomic E-state index is 11.4. The van der Waals surface area contributed by atoms with Gasteiger partial charge in [0.2, 0.25) is 5.82 Å². The molecule has 0 saturated carbocycles. The Balaban J connectivity index is 1.89. The van der Waals surface area contributed by atoms with Gasteiger partial charge in [-0.25, -0.2) is 4.98 Å². The smallest absolute Gasteiger partial charge is 0.209 e. The van der Waals surface area contributed by atoms with E-state index in [1.807, 2.05) is 6.07 Å². The van der Waals surface area contributed by atoms with Crippen molar-refractivity contribution < 1.29 is 5.11 Å². The maximum Gasteiger partial charge on any atom is 0.209 e. The molecular formula is C18H17N3O2. The van der Waals surface area contributed by atoms with Crippen LogP contribution in [0.5, 0.6) is 0 Å². The quantitative estimate of drug-likeness (QED) is 0.749. The molecule has 2 heterocycles. The van der Waals surface area contributed by atoms with E-state index >= 15 is 0 Å². The molecule has 0 unspecified atom stereocenters. The number of benzene rings is 1. The summed E-state index contributed by atoms with van der Waals surface area (Å²) in [6.07, 6.45) is 6.38. The first-order chi connectivity index (χ1) is 11.3. The third kappa shape index (κ3) is 2.33. The topological polar surface area (TPSA) is 67.0 Å². The number of aliphatic hydroxyl groups excluding tert-OH is 1. The highest BCUT2D eigenvalue weighted by Crippen LogP contribution is 2.33. The second-order valence-electron chi connectivity index (χ2n) is 5.99. The fraction of sp³-hybridized carbons (Fsp3) is 0.278. The minimum Gasteiger partial charge on any atom is -0.392 e. The van der Waals surface area contributed by atoms with Gasteiger partial charge in [0.25, 0.3) is 0 Å². The third-order valence-electron chi connectivity index (χ3n) is 4.56. The number of pyridine rings is 1. The maximum absolute atomic E-state index is 11.4. The van der Waals surface area contributed by atoms with Crippen molar-refractivity contribution in [2.24, 2.45) is 5.18 Å². The standard InChI is InChI=1S/C18H17N3O2/c22-11-12-7-8-21-16(9-12)19-17(18(21)20-23)15-6-5-13-3-1-2-4-14(13)10-15/h5-10,22H,1-4,11H2. The number of rotatable bonds is 3. The second-order valence-corrected chi connectivity index (χ2v) is 5.99. The molecule has 0 atom stereocenters. The SMILES string of the molecule is O=Nc1c(-c2ccc3c(c2)CCCC3)nc2cc(CO)ccn12. The average molecular weight is 307 g/mol. The number of aryl methyl sites for hydroxylation is 2. The summed E-state index contributed by atoms with van der Waals surface area (Å²) in [5.74, 6) is 0.306. The summed E-state index contributed by atoms with van der Waals surface area (Å²) < 4.78 is 1.67. The van der Waals surface area contributed by atoms with Crippen LogP contribution in [0.3, 0.4) is 0 Å². The Bertz CT molecular complexity index is 899. The Kier molecular flexibility index (Phi) is 3.42. The van der Waals surface area contributed by atoms with E-state index in [-0.39, 0.29) is 6.61 Å². The van der Waals surface area contributed by atoms with Gasteiger partial charge in [0.15, 0.2) is 0 Å². The molecule has 116 valence electrons. The van der Waals surface area contributed by atoms with Crippen molar-refractivity contribution in [2.45, 2.75) is 32.3 Å². The minimum atomic E-state index is -0.0542. The molecule has 1 aliphatic carbocycles. The molecule has 23 heavy (non-hydrogen) atoms. The van der Waals surface area contributed by atoms with Crippen LogP contribution in [0.2, 0.25) is 0 Å². The van der Waals surface area contributed by atoms with Gasteiger partial charge in [-0.15, -0.1) is 4.91 Å². The largest absolute Gasteiger partial charge is 0.392 e. The van der Waals surface area contributed by atoms with Gasteiger partial charge in [-0.2, -0.15) is 0 Å². The lowest BCUT2D eigenvalue weighted by atomic mass is 9.90. The van der Waals surface area contributed by atoms with E-state index in [4.69, 9.17) is 0 Å². The highest BCUT2D eigenvalue weighted by molar-refractivity contribution is 5.75. The molecule has 0 bridgehead atoms. The van der Waals surface area contributed by atoms with Crippen molar-refractivity contribution in [1.82, 2.24) is 9.38 Å². The van der Waals surface area contributed by atoms with Gasteiger partial charge in [0.05, 0.1) is 6.61 Å². The summed E-state index contributed by atoms with van der Waals surface area (Å²) >= 11 is 0. The number of fused-ring (bicyclic) bond motifs is 2. The number of hydrogen-bond acceptors (Lipinski definition) is 4. The van der Waals surface area contributed by atoms with E-state index < -0.39 is 0 Å². The molecule has 0 amide bonds. The molecule has 3 aromatic rings. The van der Waals surface area contributed by atoms with E-state index in [2.05, 4.69) is 22.3 Å². The highest BCUT2D eigenvalue weighted by atomic mass is 16.3. The van der Waals surface area contributed by atoms with E-state index in [0.717, 1.165) is 24.0 Å². The van der Waals surface area contributed by atoms with Crippen LogP contribution in [0.4, 0.5) is 5.82 Å². The predicted octanol–water partition coefficient (Wildman–Crippen LogP) is 3.77. The van der Waals surface area contributed by atoms with Gasteiger partial charge < -0.3 is 5.11 Å². The van der Waals surface area contributed by atoms with E-state index in [1.165, 1.54) is 24.0 Å². The van der Waals surface area contributed by atoms with Gasteiger partial charge >= 0.3 is 0 Å². The lowest BCUT2D eigenvalue weighted by Crippen LogP contribution is -2.02. The predicted molar refractivity (Wildman–Crippen MR) is 88.6 cm³/mol. The Morgan fingerprint density at radius 1 is 1.13 bits per heavy atom. The zero-order valence-electron chi connectivity index (χ0n) is 12.7. The van der Waals surface area contributed by atoms with E-state index in [9.17, 15) is 10.0 Å². The number of nitroso groups, excluding NO2 is 1. The monoisotopic (exact) mass is 307 g/mol. The average Bonchev–Trinajstić information content (AvgIpc) is 2.98. The Morgan fingerprint density at radius 2 is 1.96 bits per heavy atom. The third-order valence-corrected chi connectivity index (χ3v) is 4.56. The van der Waals surface area contributed by atoms with Crippen LogP contribution in [-0.4, -0.2) is 14.5 Å². The minimum absolute atomic E-state index is 0.0542. The van der Waals surface area contributed by atoms with Gasteiger partial charge in [-0.1, -0.05) is 12.1 Å². The van der Waals surface area contributed by atoms with Crippen molar-refractivity contribution in [3.8, 4) is 11.3 Å². The Morgan fingerprint density at radius 3 is 2.74 bits per heavy atom. The number of nitrogens with zero attached hydrogens (tertiary/aromatic N) is 3. The van der Waals surface area contributed by atoms with Crippen molar-refractivity contribution >= 4 is 11.5 Å².